The van der Waals surface area contributed by atoms with E-state index in [2.05, 4.69) is 44.2 Å². The minimum absolute atomic E-state index is 0.0986. The number of carbonyl (C=O) groups excluding carboxylic acids is 2. The van der Waals surface area contributed by atoms with Crippen LogP contribution in [0.5, 0.6) is 0 Å². The van der Waals surface area contributed by atoms with E-state index in [0.717, 1.165) is 28.2 Å². The number of hydrogen-bond donors (Lipinski definition) is 0. The van der Waals surface area contributed by atoms with Crippen LogP contribution in [0.2, 0.25) is 18.1 Å². The molecule has 0 aliphatic carbocycles. The van der Waals surface area contributed by atoms with Crippen LogP contribution >= 0.6 is 0 Å². The van der Waals surface area contributed by atoms with Gasteiger partial charge in [-0.25, -0.2) is 14.3 Å². The van der Waals surface area contributed by atoms with Gasteiger partial charge in [-0.1, -0.05) is 50.3 Å². The Morgan fingerprint density at radius 2 is 1.38 bits per heavy atom. The first kappa shape index (κ1) is 27.8. The lowest BCUT2D eigenvalue weighted by atomic mass is 10.0. The third kappa shape index (κ3) is 5.90. The highest BCUT2D eigenvalue weighted by molar-refractivity contribution is 6.74. The second-order valence-electron chi connectivity index (χ2n) is 12.0. The normalized spacial score (nSPS) is 19.8. The zero-order valence-corrected chi connectivity index (χ0v) is 25.0. The summed E-state index contributed by atoms with van der Waals surface area (Å²) in [4.78, 5) is 28.4. The van der Waals surface area contributed by atoms with Gasteiger partial charge in [0.25, 0.3) is 0 Å². The second kappa shape index (κ2) is 10.7. The summed E-state index contributed by atoms with van der Waals surface area (Å²) in [5, 5.41) is 8.11. The molecule has 0 saturated carbocycles. The Labute approximate surface area is 235 Å². The molecule has 3 aromatic rings. The Morgan fingerprint density at radius 3 is 1.85 bits per heavy atom. The third-order valence-corrected chi connectivity index (χ3v) is 12.4. The molecule has 3 heterocycles. The number of benzene rings is 2. The van der Waals surface area contributed by atoms with E-state index in [1.165, 1.54) is 0 Å². The Balaban J connectivity index is 1.18. The number of aryl methyl sites for hydroxylation is 1. The highest BCUT2D eigenvalue weighted by Crippen LogP contribution is 2.37. The molecule has 10 nitrogen and oxygen atoms in total. The van der Waals surface area contributed by atoms with E-state index in [0.29, 0.717) is 26.2 Å². The summed E-state index contributed by atoms with van der Waals surface area (Å²) in [5.74, 6) is 0. The SMILES string of the molecule is Cc1cn(C[C@H]2CN(c3ccc(-c4ccc(N5C[C@H](CO[Si](C)(C)C(C)(C)C)OC5=O)cc4)cc3)C(=O)O2)nn1. The zero-order valence-electron chi connectivity index (χ0n) is 24.0. The van der Waals surface area contributed by atoms with Gasteiger partial charge in [-0.2, -0.15) is 0 Å². The maximum atomic E-state index is 12.6. The number of hydrogen-bond acceptors (Lipinski definition) is 7. The Hall–Kier alpha value is -3.70. The van der Waals surface area contributed by atoms with Crippen molar-refractivity contribution >= 4 is 31.9 Å². The van der Waals surface area contributed by atoms with Crippen molar-refractivity contribution in [1.82, 2.24) is 15.0 Å². The number of carbonyl (C=O) groups is 2. The van der Waals surface area contributed by atoms with Gasteiger partial charge < -0.3 is 13.9 Å². The van der Waals surface area contributed by atoms with Crippen molar-refractivity contribution < 1.29 is 23.5 Å². The molecule has 2 aromatic carbocycles. The van der Waals surface area contributed by atoms with Gasteiger partial charge in [-0.15, -0.1) is 5.10 Å². The molecular weight excluding hydrogens is 526 g/mol. The van der Waals surface area contributed by atoms with Crippen LogP contribution in [0.15, 0.2) is 54.7 Å². The first-order valence-electron chi connectivity index (χ1n) is 13.6. The summed E-state index contributed by atoms with van der Waals surface area (Å²) in [7, 11) is -1.92. The van der Waals surface area contributed by atoms with E-state index in [4.69, 9.17) is 13.9 Å². The third-order valence-electron chi connectivity index (χ3n) is 7.92. The molecule has 11 heteroatoms. The van der Waals surface area contributed by atoms with Crippen LogP contribution in [0.25, 0.3) is 11.1 Å². The van der Waals surface area contributed by atoms with Crippen molar-refractivity contribution in [3.05, 3.63) is 60.4 Å². The predicted molar refractivity (Wildman–Crippen MR) is 155 cm³/mol. The minimum Gasteiger partial charge on any atom is -0.442 e. The molecule has 5 rings (SSSR count). The lowest BCUT2D eigenvalue weighted by Gasteiger charge is -2.36. The molecule has 2 fully saturated rings. The van der Waals surface area contributed by atoms with Crippen molar-refractivity contribution in [2.75, 3.05) is 29.5 Å². The van der Waals surface area contributed by atoms with E-state index in [1.54, 1.807) is 14.5 Å². The van der Waals surface area contributed by atoms with Gasteiger partial charge in [0.05, 0.1) is 31.9 Å². The maximum Gasteiger partial charge on any atom is 0.414 e. The molecule has 0 radical (unpaired) electrons. The fourth-order valence-electron chi connectivity index (χ4n) is 4.53. The van der Waals surface area contributed by atoms with Crippen molar-refractivity contribution in [3.63, 3.8) is 0 Å². The molecule has 2 aliphatic heterocycles. The van der Waals surface area contributed by atoms with E-state index in [-0.39, 0.29) is 29.4 Å². The smallest absolute Gasteiger partial charge is 0.414 e. The van der Waals surface area contributed by atoms with Crippen LogP contribution in [0, 0.1) is 6.92 Å². The molecule has 0 N–H and O–H groups in total. The second-order valence-corrected chi connectivity index (χ2v) is 16.8. The standard InChI is InChI=1S/C29H37N5O5Si/c1-20-15-32(31-30-20)16-25-17-33(27(35)38-25)23-11-7-21(8-12-23)22-9-13-24(14-10-22)34-18-26(39-28(34)36)19-37-40(5,6)29(2,3)4/h7-15,25-26H,16-19H2,1-6H3/t25-,26+/m0/s1. The average Bonchev–Trinajstić information content (AvgIpc) is 3.60. The van der Waals surface area contributed by atoms with E-state index in [1.807, 2.05) is 61.7 Å². The number of rotatable bonds is 8. The van der Waals surface area contributed by atoms with Gasteiger partial charge in [0, 0.05) is 17.6 Å². The van der Waals surface area contributed by atoms with Crippen LogP contribution in [0.3, 0.4) is 0 Å². The average molecular weight is 564 g/mol. The summed E-state index contributed by atoms with van der Waals surface area (Å²) in [6.45, 7) is 14.6. The van der Waals surface area contributed by atoms with Crippen molar-refractivity contribution in [3.8, 4) is 11.1 Å². The van der Waals surface area contributed by atoms with Crippen molar-refractivity contribution in [2.24, 2.45) is 0 Å². The highest BCUT2D eigenvalue weighted by Gasteiger charge is 2.40. The molecule has 2 aliphatic rings. The first-order chi connectivity index (χ1) is 18.9. The number of cyclic esters (lactones) is 2. The van der Waals surface area contributed by atoms with Gasteiger partial charge in [0.2, 0.25) is 0 Å². The van der Waals surface area contributed by atoms with Crippen LogP contribution < -0.4 is 9.80 Å². The van der Waals surface area contributed by atoms with Crippen molar-refractivity contribution in [2.45, 2.75) is 64.6 Å². The van der Waals surface area contributed by atoms with Gasteiger partial charge in [0.15, 0.2) is 8.32 Å². The topological polar surface area (TPSA) is 99.0 Å². The number of ether oxygens (including phenoxy) is 2. The monoisotopic (exact) mass is 563 g/mol. The Kier molecular flexibility index (Phi) is 7.45. The molecule has 0 bridgehead atoms. The highest BCUT2D eigenvalue weighted by atomic mass is 28.4. The van der Waals surface area contributed by atoms with Crippen LogP contribution in [0.4, 0.5) is 21.0 Å². The van der Waals surface area contributed by atoms with Crippen LogP contribution in [-0.2, 0) is 20.4 Å². The Bertz CT molecular complexity index is 1370. The van der Waals surface area contributed by atoms with E-state index >= 15 is 0 Å². The number of amides is 2. The predicted octanol–water partition coefficient (Wildman–Crippen LogP) is 5.63. The quantitative estimate of drug-likeness (QED) is 0.328. The Morgan fingerprint density at radius 1 is 0.875 bits per heavy atom. The number of aromatic nitrogens is 3. The van der Waals surface area contributed by atoms with E-state index < -0.39 is 8.32 Å². The molecule has 2 saturated heterocycles. The summed E-state index contributed by atoms with van der Waals surface area (Å²) in [6, 6.07) is 15.6. The lowest BCUT2D eigenvalue weighted by Crippen LogP contribution is -2.43. The molecule has 0 spiro atoms. The summed E-state index contributed by atoms with van der Waals surface area (Å²) >= 11 is 0. The zero-order chi connectivity index (χ0) is 28.7. The fraction of sp³-hybridized carbons (Fsp3) is 0.448. The molecule has 40 heavy (non-hydrogen) atoms. The molecule has 2 atom stereocenters. The van der Waals surface area contributed by atoms with Gasteiger partial charge in [0.1, 0.15) is 12.2 Å². The fourth-order valence-corrected chi connectivity index (χ4v) is 5.56. The molecule has 2 amide bonds. The van der Waals surface area contributed by atoms with Crippen LogP contribution in [-0.4, -0.2) is 67.4 Å². The van der Waals surface area contributed by atoms with E-state index in [9.17, 15) is 9.59 Å². The molecule has 1 aromatic heterocycles. The summed E-state index contributed by atoms with van der Waals surface area (Å²) in [6.07, 6.45) is 0.522. The van der Waals surface area contributed by atoms with Crippen LogP contribution in [0.1, 0.15) is 26.5 Å². The van der Waals surface area contributed by atoms with Gasteiger partial charge in [-0.05, 0) is 60.4 Å². The largest absolute Gasteiger partial charge is 0.442 e. The van der Waals surface area contributed by atoms with Gasteiger partial charge >= 0.3 is 12.2 Å². The molecular formula is C29H37N5O5Si. The molecule has 212 valence electrons. The molecule has 0 unspecified atom stereocenters. The summed E-state index contributed by atoms with van der Waals surface area (Å²) < 4.78 is 19.1. The number of anilines is 2. The van der Waals surface area contributed by atoms with Gasteiger partial charge in [-0.3, -0.25) is 9.80 Å². The lowest BCUT2D eigenvalue weighted by molar-refractivity contribution is 0.0996. The summed E-state index contributed by atoms with van der Waals surface area (Å²) in [5.41, 5.74) is 4.38. The first-order valence-corrected chi connectivity index (χ1v) is 16.5. The number of nitrogens with zero attached hydrogens (tertiary/aromatic N) is 5. The maximum absolute atomic E-state index is 12.6. The minimum atomic E-state index is -1.92. The van der Waals surface area contributed by atoms with Crippen molar-refractivity contribution in [1.29, 1.82) is 0 Å².